The average Bonchev–Trinajstić information content (AvgIpc) is 2.22. The number of aryl methyl sites for hydroxylation is 1. The van der Waals surface area contributed by atoms with Gasteiger partial charge in [-0.25, -0.2) is 0 Å². The van der Waals surface area contributed by atoms with Gasteiger partial charge in [0.15, 0.2) is 0 Å². The van der Waals surface area contributed by atoms with Crippen molar-refractivity contribution in [3.8, 4) is 0 Å². The third kappa shape index (κ3) is 4.88. The lowest BCUT2D eigenvalue weighted by molar-refractivity contribution is -0.116. The van der Waals surface area contributed by atoms with Crippen LogP contribution in [0, 0.1) is 6.92 Å². The maximum absolute atomic E-state index is 11.5. The van der Waals surface area contributed by atoms with Crippen LogP contribution in [0.25, 0.3) is 0 Å². The van der Waals surface area contributed by atoms with E-state index in [9.17, 15) is 4.79 Å². The molecule has 0 aromatic heterocycles. The quantitative estimate of drug-likeness (QED) is 0.777. The fourth-order valence-corrected chi connectivity index (χ4v) is 1.67. The maximum atomic E-state index is 11.5. The van der Waals surface area contributed by atoms with Gasteiger partial charge in [0.05, 0.1) is 0 Å². The summed E-state index contributed by atoms with van der Waals surface area (Å²) < 4.78 is 0. The Morgan fingerprint density at radius 3 is 2.60 bits per heavy atom. The van der Waals surface area contributed by atoms with Gasteiger partial charge in [-0.05, 0) is 37.5 Å². The summed E-state index contributed by atoms with van der Waals surface area (Å²) in [5.41, 5.74) is 2.09. The summed E-state index contributed by atoms with van der Waals surface area (Å²) >= 11 is 1.77. The number of rotatable bonds is 5. The second-order valence-corrected chi connectivity index (χ2v) is 4.50. The minimum absolute atomic E-state index is 0.105. The third-order valence-corrected chi connectivity index (χ3v) is 2.78. The summed E-state index contributed by atoms with van der Waals surface area (Å²) in [7, 11) is 0. The van der Waals surface area contributed by atoms with Crippen LogP contribution < -0.4 is 5.32 Å². The van der Waals surface area contributed by atoms with Crippen molar-refractivity contribution in [1.82, 2.24) is 0 Å². The molecule has 0 aliphatic heterocycles. The first kappa shape index (κ1) is 12.1. The molecular formula is C12H17NOS. The van der Waals surface area contributed by atoms with Crippen molar-refractivity contribution in [3.63, 3.8) is 0 Å². The van der Waals surface area contributed by atoms with E-state index in [0.717, 1.165) is 17.9 Å². The molecule has 2 nitrogen and oxygen atoms in total. The van der Waals surface area contributed by atoms with Crippen LogP contribution in [0.15, 0.2) is 24.3 Å². The zero-order valence-electron chi connectivity index (χ0n) is 9.25. The molecule has 1 N–H and O–H groups in total. The number of hydrogen-bond acceptors (Lipinski definition) is 2. The summed E-state index contributed by atoms with van der Waals surface area (Å²) in [5, 5.41) is 2.88. The molecule has 0 spiro atoms. The molecule has 82 valence electrons. The van der Waals surface area contributed by atoms with Crippen molar-refractivity contribution in [2.45, 2.75) is 19.8 Å². The lowest BCUT2D eigenvalue weighted by Crippen LogP contribution is -2.11. The molecule has 3 heteroatoms. The summed E-state index contributed by atoms with van der Waals surface area (Å²) in [6.07, 6.45) is 3.60. The lowest BCUT2D eigenvalue weighted by atomic mass is 10.2. The van der Waals surface area contributed by atoms with E-state index in [2.05, 4.69) is 11.6 Å². The fraction of sp³-hybridized carbons (Fsp3) is 0.417. The van der Waals surface area contributed by atoms with Crippen molar-refractivity contribution >= 4 is 23.4 Å². The summed E-state index contributed by atoms with van der Waals surface area (Å²) in [5.74, 6) is 1.15. The largest absolute Gasteiger partial charge is 0.326 e. The predicted octanol–water partition coefficient (Wildman–Crippen LogP) is 3.08. The van der Waals surface area contributed by atoms with E-state index in [-0.39, 0.29) is 5.91 Å². The van der Waals surface area contributed by atoms with Crippen LogP contribution in [-0.2, 0) is 4.79 Å². The van der Waals surface area contributed by atoms with Crippen molar-refractivity contribution in [2.24, 2.45) is 0 Å². The predicted molar refractivity (Wildman–Crippen MR) is 67.4 cm³/mol. The Morgan fingerprint density at radius 1 is 1.33 bits per heavy atom. The number of carbonyl (C=O) groups excluding carboxylic acids is 1. The Bertz CT molecular complexity index is 308. The van der Waals surface area contributed by atoms with Crippen LogP contribution in [-0.4, -0.2) is 17.9 Å². The number of anilines is 1. The van der Waals surface area contributed by atoms with Gasteiger partial charge in [-0.3, -0.25) is 4.79 Å². The van der Waals surface area contributed by atoms with Crippen LogP contribution in [0.4, 0.5) is 5.69 Å². The van der Waals surface area contributed by atoms with E-state index in [1.807, 2.05) is 31.2 Å². The SMILES string of the molecule is CSCCCC(=O)Nc1ccc(C)cc1. The molecule has 1 amide bonds. The van der Waals surface area contributed by atoms with Crippen LogP contribution >= 0.6 is 11.8 Å². The summed E-state index contributed by atoms with van der Waals surface area (Å²) in [6.45, 7) is 2.03. The lowest BCUT2D eigenvalue weighted by Gasteiger charge is -2.04. The first-order chi connectivity index (χ1) is 7.22. The Kier molecular flexibility index (Phi) is 5.26. The Morgan fingerprint density at radius 2 is 2.00 bits per heavy atom. The van der Waals surface area contributed by atoms with Gasteiger partial charge in [0.1, 0.15) is 0 Å². The molecule has 0 saturated heterocycles. The summed E-state index contributed by atoms with van der Waals surface area (Å²) in [4.78, 5) is 11.5. The van der Waals surface area contributed by atoms with E-state index in [4.69, 9.17) is 0 Å². The third-order valence-electron chi connectivity index (χ3n) is 2.09. The normalized spacial score (nSPS) is 10.0. The molecular weight excluding hydrogens is 206 g/mol. The van der Waals surface area contributed by atoms with Gasteiger partial charge in [0, 0.05) is 12.1 Å². The Hall–Kier alpha value is -0.960. The molecule has 0 aliphatic rings. The first-order valence-electron chi connectivity index (χ1n) is 5.08. The molecule has 0 unspecified atom stereocenters. The van der Waals surface area contributed by atoms with Gasteiger partial charge in [0.2, 0.25) is 5.91 Å². The van der Waals surface area contributed by atoms with Gasteiger partial charge < -0.3 is 5.32 Å². The number of thioether (sulfide) groups is 1. The van der Waals surface area contributed by atoms with E-state index in [0.29, 0.717) is 6.42 Å². The van der Waals surface area contributed by atoms with Crippen molar-refractivity contribution < 1.29 is 4.79 Å². The first-order valence-corrected chi connectivity index (χ1v) is 6.47. The molecule has 0 bridgehead atoms. The Labute approximate surface area is 95.5 Å². The van der Waals surface area contributed by atoms with Crippen LogP contribution in [0.1, 0.15) is 18.4 Å². The Balaban J connectivity index is 2.34. The van der Waals surface area contributed by atoms with Crippen LogP contribution in [0.3, 0.4) is 0 Å². The molecule has 0 aliphatic carbocycles. The maximum Gasteiger partial charge on any atom is 0.224 e. The standard InChI is InChI=1S/C12H17NOS/c1-10-5-7-11(8-6-10)13-12(14)4-3-9-15-2/h5-8H,3-4,9H2,1-2H3,(H,13,14). The highest BCUT2D eigenvalue weighted by Gasteiger charge is 2.01. The number of amides is 1. The molecule has 0 saturated carbocycles. The van der Waals surface area contributed by atoms with Gasteiger partial charge in [-0.1, -0.05) is 17.7 Å². The van der Waals surface area contributed by atoms with E-state index in [1.165, 1.54) is 5.56 Å². The number of carbonyl (C=O) groups is 1. The van der Waals surface area contributed by atoms with Gasteiger partial charge >= 0.3 is 0 Å². The van der Waals surface area contributed by atoms with E-state index >= 15 is 0 Å². The smallest absolute Gasteiger partial charge is 0.224 e. The van der Waals surface area contributed by atoms with Crippen LogP contribution in [0.2, 0.25) is 0 Å². The van der Waals surface area contributed by atoms with Gasteiger partial charge in [0.25, 0.3) is 0 Å². The highest BCUT2D eigenvalue weighted by Crippen LogP contribution is 2.09. The average molecular weight is 223 g/mol. The van der Waals surface area contributed by atoms with Crippen molar-refractivity contribution in [1.29, 1.82) is 0 Å². The highest BCUT2D eigenvalue weighted by atomic mass is 32.2. The molecule has 1 rings (SSSR count). The van der Waals surface area contributed by atoms with E-state index in [1.54, 1.807) is 11.8 Å². The molecule has 0 atom stereocenters. The number of benzene rings is 1. The molecule has 0 heterocycles. The molecule has 15 heavy (non-hydrogen) atoms. The zero-order chi connectivity index (χ0) is 11.1. The highest BCUT2D eigenvalue weighted by molar-refractivity contribution is 7.98. The minimum atomic E-state index is 0.105. The summed E-state index contributed by atoms with van der Waals surface area (Å²) in [6, 6.07) is 7.86. The number of hydrogen-bond donors (Lipinski definition) is 1. The minimum Gasteiger partial charge on any atom is -0.326 e. The second-order valence-electron chi connectivity index (χ2n) is 3.51. The second kappa shape index (κ2) is 6.51. The van der Waals surface area contributed by atoms with Crippen molar-refractivity contribution in [2.75, 3.05) is 17.3 Å². The van der Waals surface area contributed by atoms with Crippen molar-refractivity contribution in [3.05, 3.63) is 29.8 Å². The van der Waals surface area contributed by atoms with Gasteiger partial charge in [-0.15, -0.1) is 0 Å². The zero-order valence-corrected chi connectivity index (χ0v) is 10.1. The van der Waals surface area contributed by atoms with Crippen LogP contribution in [0.5, 0.6) is 0 Å². The molecule has 0 fully saturated rings. The topological polar surface area (TPSA) is 29.1 Å². The monoisotopic (exact) mass is 223 g/mol. The number of nitrogens with one attached hydrogen (secondary N) is 1. The van der Waals surface area contributed by atoms with E-state index < -0.39 is 0 Å². The molecule has 1 aromatic rings. The van der Waals surface area contributed by atoms with Gasteiger partial charge in [-0.2, -0.15) is 11.8 Å². The molecule has 0 radical (unpaired) electrons. The molecule has 1 aromatic carbocycles. The fourth-order valence-electron chi connectivity index (χ4n) is 1.24.